The van der Waals surface area contributed by atoms with Gasteiger partial charge in [0.25, 0.3) is 0 Å². The average molecular weight is 130 g/mol. The Morgan fingerprint density at radius 1 is 1.44 bits per heavy atom. The van der Waals surface area contributed by atoms with Crippen LogP contribution < -0.4 is 0 Å². The van der Waals surface area contributed by atoms with Gasteiger partial charge in [-0.3, -0.25) is 0 Å². The molecule has 0 aromatic rings. The fourth-order valence-electron chi connectivity index (χ4n) is 1.54. The summed E-state index contributed by atoms with van der Waals surface area (Å²) in [6.45, 7) is 2.22. The zero-order chi connectivity index (χ0) is 6.85. The van der Waals surface area contributed by atoms with E-state index >= 15 is 0 Å². The van der Waals surface area contributed by atoms with Gasteiger partial charge in [-0.2, -0.15) is 0 Å². The molecule has 0 aliphatic heterocycles. The molecule has 2 heteroatoms. The normalized spacial score (nSPS) is 43.7. The second kappa shape index (κ2) is 2.67. The molecule has 1 aliphatic carbocycles. The van der Waals surface area contributed by atoms with Gasteiger partial charge in [0.1, 0.15) is 0 Å². The molecule has 3 atom stereocenters. The highest BCUT2D eigenvalue weighted by atomic mass is 16.3. The summed E-state index contributed by atoms with van der Waals surface area (Å²) in [5.41, 5.74) is 0. The lowest BCUT2D eigenvalue weighted by Crippen LogP contribution is -2.21. The van der Waals surface area contributed by atoms with Crippen LogP contribution in [0.5, 0.6) is 0 Å². The van der Waals surface area contributed by atoms with Crippen molar-refractivity contribution in [3.8, 4) is 0 Å². The molecule has 0 aromatic heterocycles. The monoisotopic (exact) mass is 130 g/mol. The number of aliphatic hydroxyl groups excluding tert-OH is 2. The minimum absolute atomic E-state index is 0.141. The highest BCUT2D eigenvalue weighted by molar-refractivity contribution is 4.81. The molecule has 0 radical (unpaired) electrons. The summed E-state index contributed by atoms with van der Waals surface area (Å²) in [6.07, 6.45) is 1.68. The Bertz CT molecular complexity index is 82.9. The van der Waals surface area contributed by atoms with Crippen LogP contribution in [0.15, 0.2) is 0 Å². The number of hydrogen-bond donors (Lipinski definition) is 2. The van der Waals surface area contributed by atoms with Crippen molar-refractivity contribution in [2.45, 2.75) is 25.9 Å². The number of aliphatic hydroxyl groups is 2. The van der Waals surface area contributed by atoms with Gasteiger partial charge in [0, 0.05) is 12.5 Å². The Hall–Kier alpha value is -0.0800. The van der Waals surface area contributed by atoms with E-state index in [0.717, 1.165) is 12.8 Å². The van der Waals surface area contributed by atoms with E-state index in [1.807, 2.05) is 0 Å². The zero-order valence-corrected chi connectivity index (χ0v) is 5.75. The van der Waals surface area contributed by atoms with E-state index in [1.54, 1.807) is 0 Å². The van der Waals surface area contributed by atoms with Crippen LogP contribution in [0.3, 0.4) is 0 Å². The summed E-state index contributed by atoms with van der Waals surface area (Å²) in [6, 6.07) is 0. The Balaban J connectivity index is 2.44. The second-order valence-electron chi connectivity index (χ2n) is 2.97. The van der Waals surface area contributed by atoms with Crippen molar-refractivity contribution in [3.05, 3.63) is 0 Å². The molecule has 1 fully saturated rings. The molecular weight excluding hydrogens is 116 g/mol. The predicted octanol–water partition coefficient (Wildman–Crippen LogP) is 0.386. The van der Waals surface area contributed by atoms with Crippen molar-refractivity contribution in [1.82, 2.24) is 0 Å². The first-order valence-electron chi connectivity index (χ1n) is 3.54. The Kier molecular flexibility index (Phi) is 2.09. The van der Waals surface area contributed by atoms with Crippen LogP contribution in [0.4, 0.5) is 0 Å². The third kappa shape index (κ3) is 1.25. The van der Waals surface area contributed by atoms with Gasteiger partial charge in [-0.15, -0.1) is 0 Å². The zero-order valence-electron chi connectivity index (χ0n) is 5.75. The molecule has 1 aliphatic rings. The van der Waals surface area contributed by atoms with E-state index in [-0.39, 0.29) is 18.6 Å². The molecule has 1 rings (SSSR count). The van der Waals surface area contributed by atoms with Crippen LogP contribution in [0, 0.1) is 11.8 Å². The summed E-state index contributed by atoms with van der Waals surface area (Å²) in [4.78, 5) is 0. The molecule has 1 saturated carbocycles. The van der Waals surface area contributed by atoms with Gasteiger partial charge >= 0.3 is 0 Å². The van der Waals surface area contributed by atoms with Crippen molar-refractivity contribution in [3.63, 3.8) is 0 Å². The summed E-state index contributed by atoms with van der Waals surface area (Å²) >= 11 is 0. The first-order chi connectivity index (χ1) is 4.25. The van der Waals surface area contributed by atoms with Crippen molar-refractivity contribution in [2.75, 3.05) is 6.61 Å². The van der Waals surface area contributed by atoms with Gasteiger partial charge in [-0.05, 0) is 18.8 Å². The third-order valence-corrected chi connectivity index (χ3v) is 2.35. The molecule has 9 heavy (non-hydrogen) atoms. The average Bonchev–Trinajstić information content (AvgIpc) is 2.12. The van der Waals surface area contributed by atoms with Crippen molar-refractivity contribution in [1.29, 1.82) is 0 Å². The number of rotatable bonds is 1. The Morgan fingerprint density at radius 3 is 2.33 bits per heavy atom. The molecule has 0 heterocycles. The molecule has 0 spiro atoms. The topological polar surface area (TPSA) is 40.5 Å². The summed E-state index contributed by atoms with van der Waals surface area (Å²) in [5.74, 6) is 0.648. The van der Waals surface area contributed by atoms with Crippen LogP contribution in [0.2, 0.25) is 0 Å². The van der Waals surface area contributed by atoms with Gasteiger partial charge in [-0.1, -0.05) is 6.92 Å². The van der Waals surface area contributed by atoms with E-state index < -0.39 is 0 Å². The maximum absolute atomic E-state index is 9.20. The van der Waals surface area contributed by atoms with Gasteiger partial charge in [-0.25, -0.2) is 0 Å². The van der Waals surface area contributed by atoms with Crippen LogP contribution in [0.25, 0.3) is 0 Å². The lowest BCUT2D eigenvalue weighted by molar-refractivity contribution is 0.0755. The van der Waals surface area contributed by atoms with E-state index in [9.17, 15) is 5.11 Å². The fourth-order valence-corrected chi connectivity index (χ4v) is 1.54. The quantitative estimate of drug-likeness (QED) is 0.539. The highest BCUT2D eigenvalue weighted by Gasteiger charge is 2.30. The fraction of sp³-hybridized carbons (Fsp3) is 1.00. The van der Waals surface area contributed by atoms with Gasteiger partial charge in [0.05, 0.1) is 6.10 Å². The maximum atomic E-state index is 9.20. The lowest BCUT2D eigenvalue weighted by Gasteiger charge is -2.14. The first-order valence-corrected chi connectivity index (χ1v) is 3.54. The van der Waals surface area contributed by atoms with E-state index in [2.05, 4.69) is 6.92 Å². The minimum Gasteiger partial charge on any atom is -0.396 e. The predicted molar refractivity (Wildman–Crippen MR) is 35.0 cm³/mol. The molecule has 54 valence electrons. The smallest absolute Gasteiger partial charge is 0.0593 e. The largest absolute Gasteiger partial charge is 0.396 e. The standard InChI is InChI=1S/C7H14O2/c1-5-2-3-7(9)6(5)4-8/h5-9H,2-4H2,1H3/t5-,6-,7+/m1/s1. The molecule has 2 N–H and O–H groups in total. The molecule has 0 bridgehead atoms. The van der Waals surface area contributed by atoms with Crippen LogP contribution in [-0.4, -0.2) is 22.9 Å². The summed E-state index contributed by atoms with van der Waals surface area (Å²) < 4.78 is 0. The summed E-state index contributed by atoms with van der Waals surface area (Å²) in [5, 5.41) is 17.9. The lowest BCUT2D eigenvalue weighted by atomic mass is 9.98. The van der Waals surface area contributed by atoms with E-state index in [4.69, 9.17) is 5.11 Å². The SMILES string of the molecule is C[C@@H]1CC[C@H](O)[C@@H]1CO. The van der Waals surface area contributed by atoms with Crippen molar-refractivity contribution >= 4 is 0 Å². The van der Waals surface area contributed by atoms with Crippen LogP contribution >= 0.6 is 0 Å². The minimum atomic E-state index is -0.245. The number of hydrogen-bond acceptors (Lipinski definition) is 2. The molecular formula is C7H14O2. The van der Waals surface area contributed by atoms with Gasteiger partial charge in [0.2, 0.25) is 0 Å². The maximum Gasteiger partial charge on any atom is 0.0593 e. The molecule has 0 aromatic carbocycles. The Morgan fingerprint density at radius 2 is 2.11 bits per heavy atom. The van der Waals surface area contributed by atoms with Crippen molar-refractivity contribution < 1.29 is 10.2 Å². The Labute approximate surface area is 55.5 Å². The van der Waals surface area contributed by atoms with Gasteiger partial charge < -0.3 is 10.2 Å². The second-order valence-corrected chi connectivity index (χ2v) is 2.97. The third-order valence-electron chi connectivity index (χ3n) is 2.35. The van der Waals surface area contributed by atoms with E-state index in [1.165, 1.54) is 0 Å². The molecule has 0 amide bonds. The highest BCUT2D eigenvalue weighted by Crippen LogP contribution is 2.30. The van der Waals surface area contributed by atoms with Crippen LogP contribution in [0.1, 0.15) is 19.8 Å². The molecule has 0 unspecified atom stereocenters. The summed E-state index contributed by atoms with van der Waals surface area (Å²) in [7, 11) is 0. The van der Waals surface area contributed by atoms with Gasteiger partial charge in [0.15, 0.2) is 0 Å². The van der Waals surface area contributed by atoms with Crippen LogP contribution in [-0.2, 0) is 0 Å². The molecule has 2 nitrogen and oxygen atoms in total. The van der Waals surface area contributed by atoms with E-state index in [0.29, 0.717) is 5.92 Å². The van der Waals surface area contributed by atoms with Crippen molar-refractivity contribution in [2.24, 2.45) is 11.8 Å². The first kappa shape index (κ1) is 7.03. The molecule has 0 saturated heterocycles.